The van der Waals surface area contributed by atoms with E-state index in [1.54, 1.807) is 20.8 Å². The SMILES string of the molecule is C=CCNC(=O)C(=O)C(CC1CC1)NC(=O)[C@@H]1C2[C@H](CN1C(=O)[C@@H](NC(=O)NC1(CS(=O)(=O)C(C)(C)C)CCCCC1)C(C)(C)C)C2(C)C. The van der Waals surface area contributed by atoms with Crippen molar-refractivity contribution in [2.75, 3.05) is 18.8 Å². The van der Waals surface area contributed by atoms with Crippen LogP contribution in [0.25, 0.3) is 0 Å². The number of amides is 5. The molecule has 4 rings (SSSR count). The molecule has 0 aromatic carbocycles. The Hall–Kier alpha value is -2.96. The van der Waals surface area contributed by atoms with Crippen molar-refractivity contribution in [1.29, 1.82) is 0 Å². The number of ketones is 1. The van der Waals surface area contributed by atoms with E-state index in [2.05, 4.69) is 41.7 Å². The molecule has 12 nitrogen and oxygen atoms in total. The molecule has 1 aliphatic heterocycles. The number of urea groups is 1. The second-order valence-electron chi connectivity index (χ2n) is 17.6. The molecule has 2 unspecified atom stereocenters. The largest absolute Gasteiger partial charge is 0.346 e. The van der Waals surface area contributed by atoms with Gasteiger partial charge in [-0.15, -0.1) is 6.58 Å². The number of nitrogens with one attached hydrogen (secondary N) is 4. The Kier molecular flexibility index (Phi) is 11.1. The number of piperidine rings is 1. The van der Waals surface area contributed by atoms with Gasteiger partial charge in [0.1, 0.15) is 12.1 Å². The number of Topliss-reactive ketones (excluding diaryl/α,β-unsaturated/α-hetero) is 1. The Balaban J connectivity index is 1.55. The number of carbonyl (C=O) groups is 5. The zero-order chi connectivity index (χ0) is 36.7. The van der Waals surface area contributed by atoms with Crippen LogP contribution in [0.15, 0.2) is 12.7 Å². The zero-order valence-electron chi connectivity index (χ0n) is 30.7. The molecular weight excluding hydrogens is 646 g/mol. The smallest absolute Gasteiger partial charge is 0.315 e. The first kappa shape index (κ1) is 38.8. The number of sulfone groups is 1. The molecule has 1 heterocycles. The van der Waals surface area contributed by atoms with Gasteiger partial charge in [0.25, 0.3) is 5.91 Å². The summed E-state index contributed by atoms with van der Waals surface area (Å²) in [6.07, 6.45) is 7.21. The molecule has 0 aromatic heterocycles. The molecule has 0 aromatic rings. The third-order valence-electron chi connectivity index (χ3n) is 11.3. The molecule has 4 aliphatic rings. The highest BCUT2D eigenvalue weighted by Crippen LogP contribution is 2.65. The molecular formula is C36H59N5O7S. The Morgan fingerprint density at radius 2 is 1.57 bits per heavy atom. The van der Waals surface area contributed by atoms with E-state index in [9.17, 15) is 32.4 Å². The third-order valence-corrected chi connectivity index (χ3v) is 14.1. The molecule has 0 radical (unpaired) electrons. The van der Waals surface area contributed by atoms with E-state index >= 15 is 0 Å². The van der Waals surface area contributed by atoms with E-state index < -0.39 is 73.2 Å². The quantitative estimate of drug-likeness (QED) is 0.168. The average Bonchev–Trinajstić information content (AvgIpc) is 3.84. The Bertz CT molecular complexity index is 1430. The molecule has 4 fully saturated rings. The second kappa shape index (κ2) is 14.0. The fourth-order valence-corrected chi connectivity index (χ4v) is 9.26. The molecule has 3 saturated carbocycles. The van der Waals surface area contributed by atoms with Crippen molar-refractivity contribution in [2.45, 2.75) is 135 Å². The van der Waals surface area contributed by atoms with E-state index in [1.165, 1.54) is 11.0 Å². The number of nitrogens with zero attached hydrogens (tertiary/aromatic N) is 1. The first-order valence-corrected chi connectivity index (χ1v) is 19.5. The minimum Gasteiger partial charge on any atom is -0.346 e. The van der Waals surface area contributed by atoms with Gasteiger partial charge in [-0.25, -0.2) is 13.2 Å². The summed E-state index contributed by atoms with van der Waals surface area (Å²) in [7, 11) is -3.56. The van der Waals surface area contributed by atoms with Gasteiger partial charge >= 0.3 is 6.03 Å². The summed E-state index contributed by atoms with van der Waals surface area (Å²) in [6.45, 7) is 18.6. The number of carbonyl (C=O) groups excluding carboxylic acids is 5. The predicted molar refractivity (Wildman–Crippen MR) is 188 cm³/mol. The Morgan fingerprint density at radius 1 is 0.959 bits per heavy atom. The Labute approximate surface area is 292 Å². The maximum Gasteiger partial charge on any atom is 0.315 e. The first-order chi connectivity index (χ1) is 22.5. The van der Waals surface area contributed by atoms with Crippen LogP contribution in [0.2, 0.25) is 0 Å². The maximum atomic E-state index is 14.5. The first-order valence-electron chi connectivity index (χ1n) is 17.9. The van der Waals surface area contributed by atoms with Gasteiger partial charge in [0.05, 0.1) is 22.1 Å². The molecule has 5 amide bonds. The van der Waals surface area contributed by atoms with Crippen LogP contribution in [0.1, 0.15) is 107 Å². The number of rotatable bonds is 13. The average molecular weight is 706 g/mol. The summed E-state index contributed by atoms with van der Waals surface area (Å²) in [5.74, 6) is -2.44. The molecule has 49 heavy (non-hydrogen) atoms. The van der Waals surface area contributed by atoms with Crippen LogP contribution in [0.3, 0.4) is 0 Å². The second-order valence-corrected chi connectivity index (χ2v) is 20.3. The summed E-state index contributed by atoms with van der Waals surface area (Å²) >= 11 is 0. The molecule has 4 N–H and O–H groups in total. The van der Waals surface area contributed by atoms with E-state index in [1.807, 2.05) is 20.8 Å². The lowest BCUT2D eigenvalue weighted by molar-refractivity contribution is -0.145. The van der Waals surface area contributed by atoms with Crippen LogP contribution in [-0.2, 0) is 29.0 Å². The number of fused-ring (bicyclic) bond motifs is 1. The fraction of sp³-hybridized carbons (Fsp3) is 0.806. The third kappa shape index (κ3) is 8.68. The fourth-order valence-electron chi connectivity index (χ4n) is 7.74. The van der Waals surface area contributed by atoms with Gasteiger partial charge in [0.2, 0.25) is 17.6 Å². The van der Waals surface area contributed by atoms with Crippen LogP contribution >= 0.6 is 0 Å². The highest BCUT2D eigenvalue weighted by Gasteiger charge is 2.70. The molecule has 13 heteroatoms. The summed E-state index contributed by atoms with van der Waals surface area (Å²) < 4.78 is 25.6. The minimum atomic E-state index is -3.56. The molecule has 0 spiro atoms. The maximum absolute atomic E-state index is 14.5. The van der Waals surface area contributed by atoms with Gasteiger partial charge in [-0.1, -0.05) is 72.8 Å². The lowest BCUT2D eigenvalue weighted by Crippen LogP contribution is -2.64. The molecule has 3 aliphatic carbocycles. The van der Waals surface area contributed by atoms with E-state index in [-0.39, 0.29) is 35.5 Å². The molecule has 5 atom stereocenters. The molecule has 276 valence electrons. The lowest BCUT2D eigenvalue weighted by atomic mass is 9.83. The van der Waals surface area contributed by atoms with Crippen LogP contribution in [0.4, 0.5) is 4.79 Å². The molecule has 0 bridgehead atoms. The van der Waals surface area contributed by atoms with Gasteiger partial charge in [0.15, 0.2) is 9.84 Å². The normalized spacial score (nSPS) is 25.6. The van der Waals surface area contributed by atoms with E-state index in [4.69, 9.17) is 0 Å². The Morgan fingerprint density at radius 3 is 2.10 bits per heavy atom. The van der Waals surface area contributed by atoms with Crippen LogP contribution in [0, 0.1) is 28.6 Å². The highest BCUT2D eigenvalue weighted by atomic mass is 32.2. The summed E-state index contributed by atoms with van der Waals surface area (Å²) in [4.78, 5) is 69.6. The van der Waals surface area contributed by atoms with Crippen LogP contribution in [0.5, 0.6) is 0 Å². The lowest BCUT2D eigenvalue weighted by Gasteiger charge is -2.41. The van der Waals surface area contributed by atoms with E-state index in [0.717, 1.165) is 32.1 Å². The van der Waals surface area contributed by atoms with Crippen molar-refractivity contribution in [3.63, 3.8) is 0 Å². The van der Waals surface area contributed by atoms with Gasteiger partial charge in [-0.05, 0) is 68.6 Å². The molecule has 1 saturated heterocycles. The summed E-state index contributed by atoms with van der Waals surface area (Å²) in [5.41, 5.74) is -1.92. The van der Waals surface area contributed by atoms with Gasteiger partial charge in [-0.2, -0.15) is 0 Å². The van der Waals surface area contributed by atoms with Gasteiger partial charge in [0, 0.05) is 13.1 Å². The topological polar surface area (TPSA) is 171 Å². The highest BCUT2D eigenvalue weighted by molar-refractivity contribution is 7.92. The summed E-state index contributed by atoms with van der Waals surface area (Å²) in [5, 5.41) is 11.2. The van der Waals surface area contributed by atoms with Crippen molar-refractivity contribution >= 4 is 39.4 Å². The van der Waals surface area contributed by atoms with Gasteiger partial charge in [-0.3, -0.25) is 19.2 Å². The van der Waals surface area contributed by atoms with Crippen molar-refractivity contribution in [1.82, 2.24) is 26.2 Å². The van der Waals surface area contributed by atoms with Crippen molar-refractivity contribution in [3.05, 3.63) is 12.7 Å². The van der Waals surface area contributed by atoms with Crippen molar-refractivity contribution in [3.8, 4) is 0 Å². The van der Waals surface area contributed by atoms with Gasteiger partial charge < -0.3 is 26.2 Å². The zero-order valence-corrected chi connectivity index (χ0v) is 31.6. The monoisotopic (exact) mass is 705 g/mol. The van der Waals surface area contributed by atoms with Crippen LogP contribution in [-0.4, -0.2) is 90.1 Å². The number of hydrogen-bond donors (Lipinski definition) is 4. The standard InChI is InChI=1S/C36H59N5O7S/c1-10-18-37-30(44)27(42)24(19-22-14-15-22)38-29(43)26-25-23(35(25,8)9)20-41(26)31(45)28(33(2,3)4)39-32(46)40-36(16-12-11-13-17-36)21-49(47,48)34(5,6)7/h10,22-26,28H,1,11-21H2,2-9H3,(H,37,44)(H,38,43)(H2,39,40,46)/t23-,24?,25?,26-,28+/m0/s1. The van der Waals surface area contributed by atoms with Crippen LogP contribution < -0.4 is 21.3 Å². The minimum absolute atomic E-state index is 0.0585. The van der Waals surface area contributed by atoms with E-state index in [0.29, 0.717) is 25.8 Å². The van der Waals surface area contributed by atoms with Crippen molar-refractivity contribution < 1.29 is 32.4 Å². The number of likely N-dealkylation sites (tertiary alicyclic amines) is 1. The van der Waals surface area contributed by atoms with Crippen molar-refractivity contribution in [2.24, 2.45) is 28.6 Å². The summed E-state index contributed by atoms with van der Waals surface area (Å²) in [6, 6.07) is -3.54. The predicted octanol–water partition coefficient (Wildman–Crippen LogP) is 3.26. The number of hydrogen-bond acceptors (Lipinski definition) is 7.